The Balaban J connectivity index is 2.61. The number of aliphatic hydroxyl groups is 1. The summed E-state index contributed by atoms with van der Waals surface area (Å²) in [4.78, 5) is 33.7. The number of nitrogens with zero attached hydrogens (tertiary/aromatic N) is 1. The van der Waals surface area contributed by atoms with Gasteiger partial charge in [0.15, 0.2) is 6.10 Å². The second-order valence-electron chi connectivity index (χ2n) is 2.81. The number of hydrogen-bond acceptors (Lipinski definition) is 5. The molecule has 1 unspecified atom stereocenters. The number of rotatable bonds is 3. The third-order valence-electron chi connectivity index (χ3n) is 1.74. The molecule has 0 radical (unpaired) electrons. The first-order chi connectivity index (χ1) is 6.52. The molecule has 1 atom stereocenters. The van der Waals surface area contributed by atoms with E-state index in [4.69, 9.17) is 10.8 Å². The summed E-state index contributed by atoms with van der Waals surface area (Å²) in [5.74, 6) is -1.35. The van der Waals surface area contributed by atoms with Gasteiger partial charge in [0.25, 0.3) is 0 Å². The summed E-state index contributed by atoms with van der Waals surface area (Å²) >= 11 is 1.21. The van der Waals surface area contributed by atoms with Crippen molar-refractivity contribution >= 4 is 29.5 Å². The molecule has 7 heteroatoms. The smallest absolute Gasteiger partial charge is 0.248 e. The van der Waals surface area contributed by atoms with Crippen molar-refractivity contribution in [3.8, 4) is 0 Å². The lowest BCUT2D eigenvalue weighted by molar-refractivity contribution is -0.144. The number of primary amides is 1. The molecule has 78 valence electrons. The average Bonchev–Trinajstić information content (AvgIpc) is 2.11. The van der Waals surface area contributed by atoms with Crippen LogP contribution in [-0.2, 0) is 14.4 Å². The van der Waals surface area contributed by atoms with E-state index in [1.54, 1.807) is 0 Å². The van der Waals surface area contributed by atoms with Crippen LogP contribution < -0.4 is 5.73 Å². The van der Waals surface area contributed by atoms with Gasteiger partial charge in [-0.05, 0) is 0 Å². The summed E-state index contributed by atoms with van der Waals surface area (Å²) in [5.41, 5.74) is 4.80. The van der Waals surface area contributed by atoms with Crippen LogP contribution in [0.2, 0.25) is 0 Å². The number of hydrogen-bond donors (Lipinski definition) is 2. The summed E-state index contributed by atoms with van der Waals surface area (Å²) < 4.78 is 0. The summed E-state index contributed by atoms with van der Waals surface area (Å²) in [6.07, 6.45) is -1.48. The molecule has 3 amide bonds. The van der Waals surface area contributed by atoms with E-state index in [1.807, 2.05) is 0 Å². The summed E-state index contributed by atoms with van der Waals surface area (Å²) in [5, 5.41) is 9.09. The van der Waals surface area contributed by atoms with Crippen LogP contribution in [0.4, 0.5) is 0 Å². The third-order valence-corrected chi connectivity index (χ3v) is 2.64. The topological polar surface area (TPSA) is 101 Å². The molecular weight excluding hydrogens is 208 g/mol. The number of aliphatic hydroxyl groups excluding tert-OH is 1. The Bertz CT molecular complexity index is 265. The summed E-state index contributed by atoms with van der Waals surface area (Å²) in [7, 11) is 0. The largest absolute Gasteiger partial charge is 0.381 e. The highest BCUT2D eigenvalue weighted by molar-refractivity contribution is 8.00. The van der Waals surface area contributed by atoms with Crippen LogP contribution in [0.5, 0.6) is 0 Å². The van der Waals surface area contributed by atoms with Crippen LogP contribution >= 0.6 is 11.8 Å². The lowest BCUT2D eigenvalue weighted by Gasteiger charge is -2.25. The van der Waals surface area contributed by atoms with Crippen molar-refractivity contribution in [2.24, 2.45) is 5.73 Å². The van der Waals surface area contributed by atoms with Gasteiger partial charge in [-0.25, -0.2) is 0 Å². The maximum Gasteiger partial charge on any atom is 0.248 e. The highest BCUT2D eigenvalue weighted by Crippen LogP contribution is 2.12. The number of imide groups is 1. The molecule has 6 nitrogen and oxygen atoms in total. The zero-order valence-corrected chi connectivity index (χ0v) is 8.12. The van der Waals surface area contributed by atoms with Gasteiger partial charge < -0.3 is 10.8 Å². The van der Waals surface area contributed by atoms with Gasteiger partial charge >= 0.3 is 0 Å². The molecule has 1 saturated heterocycles. The molecular formula is C7H10N2O4S. The fourth-order valence-electron chi connectivity index (χ4n) is 0.987. The predicted molar refractivity (Wildman–Crippen MR) is 49.2 cm³/mol. The van der Waals surface area contributed by atoms with E-state index in [0.717, 1.165) is 4.90 Å². The lowest BCUT2D eigenvalue weighted by atomic mass is 10.3. The van der Waals surface area contributed by atoms with E-state index in [0.29, 0.717) is 0 Å². The molecule has 1 fully saturated rings. The predicted octanol–water partition coefficient (Wildman–Crippen LogP) is -2.07. The first-order valence-corrected chi connectivity index (χ1v) is 5.06. The maximum atomic E-state index is 11.2. The van der Waals surface area contributed by atoms with Crippen molar-refractivity contribution in [3.05, 3.63) is 0 Å². The molecule has 0 aromatic heterocycles. The van der Waals surface area contributed by atoms with Crippen LogP contribution in [0.3, 0.4) is 0 Å². The van der Waals surface area contributed by atoms with E-state index in [9.17, 15) is 14.4 Å². The first kappa shape index (κ1) is 11.0. The van der Waals surface area contributed by atoms with Crippen LogP contribution in [0.1, 0.15) is 0 Å². The van der Waals surface area contributed by atoms with Crippen LogP contribution in [0.25, 0.3) is 0 Å². The van der Waals surface area contributed by atoms with Gasteiger partial charge in [0, 0.05) is 0 Å². The molecule has 1 aliphatic heterocycles. The molecule has 0 spiro atoms. The Morgan fingerprint density at radius 2 is 2.00 bits per heavy atom. The highest BCUT2D eigenvalue weighted by atomic mass is 32.2. The molecule has 1 aliphatic rings. The van der Waals surface area contributed by atoms with Gasteiger partial charge in [-0.2, -0.15) is 0 Å². The molecule has 0 bridgehead atoms. The Hall–Kier alpha value is -1.08. The van der Waals surface area contributed by atoms with Gasteiger partial charge in [-0.1, -0.05) is 0 Å². The Morgan fingerprint density at radius 3 is 2.43 bits per heavy atom. The minimum atomic E-state index is -1.48. The molecule has 14 heavy (non-hydrogen) atoms. The number of carbonyl (C=O) groups is 3. The highest BCUT2D eigenvalue weighted by Gasteiger charge is 2.29. The van der Waals surface area contributed by atoms with E-state index < -0.39 is 23.8 Å². The molecule has 0 saturated carbocycles. The molecule has 1 heterocycles. The second kappa shape index (κ2) is 4.43. The minimum Gasteiger partial charge on any atom is -0.381 e. The molecule has 0 aromatic carbocycles. The molecule has 3 N–H and O–H groups in total. The number of amides is 3. The van der Waals surface area contributed by atoms with Crippen LogP contribution in [0.15, 0.2) is 0 Å². The monoisotopic (exact) mass is 218 g/mol. The van der Waals surface area contributed by atoms with Gasteiger partial charge in [0.05, 0.1) is 18.1 Å². The zero-order chi connectivity index (χ0) is 10.7. The average molecular weight is 218 g/mol. The van der Waals surface area contributed by atoms with Crippen molar-refractivity contribution in [1.29, 1.82) is 0 Å². The number of carbonyl (C=O) groups excluding carboxylic acids is 3. The van der Waals surface area contributed by atoms with Gasteiger partial charge in [-0.3, -0.25) is 19.3 Å². The Kier molecular flexibility index (Phi) is 3.48. The van der Waals surface area contributed by atoms with Crippen LogP contribution in [-0.4, -0.2) is 51.9 Å². The fourth-order valence-corrected chi connectivity index (χ4v) is 1.75. The van der Waals surface area contributed by atoms with Gasteiger partial charge in [0.1, 0.15) is 0 Å². The van der Waals surface area contributed by atoms with Crippen molar-refractivity contribution in [1.82, 2.24) is 4.90 Å². The number of β-amino-alcohol motifs (C(OH)–C–C–N with tert-alkyl or cyclic N) is 1. The van der Waals surface area contributed by atoms with Crippen molar-refractivity contribution in [2.45, 2.75) is 6.10 Å². The van der Waals surface area contributed by atoms with Crippen molar-refractivity contribution in [2.75, 3.05) is 18.1 Å². The number of thioether (sulfide) groups is 1. The second-order valence-corrected chi connectivity index (χ2v) is 3.79. The lowest BCUT2D eigenvalue weighted by Crippen LogP contribution is -2.49. The number of nitrogens with two attached hydrogens (primary N) is 1. The normalized spacial score (nSPS) is 19.6. The zero-order valence-electron chi connectivity index (χ0n) is 7.30. The first-order valence-electron chi connectivity index (χ1n) is 3.90. The van der Waals surface area contributed by atoms with Crippen molar-refractivity contribution in [3.63, 3.8) is 0 Å². The van der Waals surface area contributed by atoms with Gasteiger partial charge in [-0.15, -0.1) is 11.8 Å². The summed E-state index contributed by atoms with van der Waals surface area (Å²) in [6.45, 7) is -0.340. The van der Waals surface area contributed by atoms with E-state index in [2.05, 4.69) is 0 Å². The van der Waals surface area contributed by atoms with E-state index in [1.165, 1.54) is 11.8 Å². The Labute approximate surface area is 84.4 Å². The van der Waals surface area contributed by atoms with E-state index in [-0.39, 0.29) is 18.1 Å². The summed E-state index contributed by atoms with van der Waals surface area (Å²) in [6, 6.07) is 0. The quantitative estimate of drug-likeness (QED) is 0.530. The maximum absolute atomic E-state index is 11.2. The fraction of sp³-hybridized carbons (Fsp3) is 0.571. The molecule has 0 aromatic rings. The third kappa shape index (κ3) is 2.46. The molecule has 0 aliphatic carbocycles. The SMILES string of the molecule is NC(=O)C(O)CN1C(=O)CSCC1=O. The minimum absolute atomic E-state index is 0.192. The molecule has 1 rings (SSSR count). The van der Waals surface area contributed by atoms with E-state index >= 15 is 0 Å². The standard InChI is InChI=1S/C7H10N2O4S/c8-7(13)4(10)1-9-5(11)2-14-3-6(9)12/h4,10H,1-3H2,(H2,8,13). The van der Waals surface area contributed by atoms with Crippen LogP contribution in [0, 0.1) is 0 Å². The Morgan fingerprint density at radius 1 is 1.50 bits per heavy atom. The van der Waals surface area contributed by atoms with Gasteiger partial charge in [0.2, 0.25) is 17.7 Å². The van der Waals surface area contributed by atoms with Crippen molar-refractivity contribution < 1.29 is 19.5 Å².